The summed E-state index contributed by atoms with van der Waals surface area (Å²) in [6.45, 7) is 4.27. The summed E-state index contributed by atoms with van der Waals surface area (Å²) in [5.41, 5.74) is 7.02. The van der Waals surface area contributed by atoms with Crippen LogP contribution in [0.15, 0.2) is 60.8 Å². The summed E-state index contributed by atoms with van der Waals surface area (Å²) < 4.78 is 1.48. The lowest BCUT2D eigenvalue weighted by Crippen LogP contribution is -2.61. The van der Waals surface area contributed by atoms with E-state index in [0.717, 1.165) is 16.8 Å². The number of H-pyrrole nitrogens is 1. The van der Waals surface area contributed by atoms with Crippen LogP contribution in [0.25, 0.3) is 10.9 Å². The second-order valence-electron chi connectivity index (χ2n) is 9.35. The van der Waals surface area contributed by atoms with Crippen LogP contribution in [0.1, 0.15) is 27.9 Å². The molecule has 188 valence electrons. The van der Waals surface area contributed by atoms with Gasteiger partial charge in [-0.05, 0) is 37.6 Å². The Morgan fingerprint density at radius 1 is 1.08 bits per heavy atom. The number of Topliss-reactive ketones (excluding diaryl/α,β-unsaturated/α-hetero) is 1. The number of carbonyl (C=O) groups excluding carboxylic acids is 3. The average molecular weight is 499 g/mol. The van der Waals surface area contributed by atoms with Gasteiger partial charge in [-0.3, -0.25) is 24.7 Å². The van der Waals surface area contributed by atoms with Crippen LogP contribution in [0.3, 0.4) is 0 Å². The number of para-hydroxylation sites is 1. The van der Waals surface area contributed by atoms with Crippen molar-refractivity contribution in [2.24, 2.45) is 5.92 Å². The number of carbonyl (C=O) groups is 3. The Morgan fingerprint density at radius 3 is 2.76 bits per heavy atom. The van der Waals surface area contributed by atoms with E-state index >= 15 is 0 Å². The summed E-state index contributed by atoms with van der Waals surface area (Å²) in [5.74, 6) is -1.64. The fourth-order valence-corrected chi connectivity index (χ4v) is 4.98. The van der Waals surface area contributed by atoms with Gasteiger partial charge in [0.2, 0.25) is 5.91 Å². The highest BCUT2D eigenvalue weighted by Crippen LogP contribution is 2.28. The quantitative estimate of drug-likeness (QED) is 0.210. The van der Waals surface area contributed by atoms with E-state index in [1.165, 1.54) is 10.9 Å². The molecule has 0 saturated carbocycles. The van der Waals surface area contributed by atoms with Crippen molar-refractivity contribution in [2.45, 2.75) is 26.3 Å². The largest absolute Gasteiger partial charge is 0.360 e. The third-order valence-corrected chi connectivity index (χ3v) is 6.75. The Balaban J connectivity index is 1.25. The molecule has 11 nitrogen and oxygen atoms in total. The number of anilines is 2. The van der Waals surface area contributed by atoms with E-state index in [4.69, 9.17) is 0 Å². The maximum atomic E-state index is 13.0. The molecule has 0 bridgehead atoms. The molecule has 2 aliphatic rings. The first kappa shape index (κ1) is 23.0. The number of hydrogen-bond acceptors (Lipinski definition) is 7. The van der Waals surface area contributed by atoms with E-state index < -0.39 is 18.0 Å². The van der Waals surface area contributed by atoms with Crippen molar-refractivity contribution < 1.29 is 14.4 Å². The average Bonchev–Trinajstić information content (AvgIpc) is 3.60. The Morgan fingerprint density at radius 2 is 1.92 bits per heavy atom. The minimum atomic E-state index is -0.796. The van der Waals surface area contributed by atoms with E-state index in [2.05, 4.69) is 31.5 Å². The molecule has 6 rings (SSSR count). The van der Waals surface area contributed by atoms with Crippen molar-refractivity contribution in [3.8, 4) is 0 Å². The van der Waals surface area contributed by atoms with E-state index in [1.54, 1.807) is 19.1 Å². The number of hydrogen-bond donors (Lipinski definition) is 5. The normalized spacial score (nSPS) is 21.1. The number of aryl methyl sites for hydroxylation is 2. The first-order chi connectivity index (χ1) is 17.9. The summed E-state index contributed by atoms with van der Waals surface area (Å²) >= 11 is 0. The van der Waals surface area contributed by atoms with Gasteiger partial charge in [-0.15, -0.1) is 0 Å². The summed E-state index contributed by atoms with van der Waals surface area (Å²) in [7, 11) is 0. The highest BCUT2D eigenvalue weighted by molar-refractivity contribution is 6.48. The SMILES string of the molecule is Cc1cccc(N2NCC3C(=O)NC(n4nc(C)cc4NC(=O)C(=O)c4c[nH]c5ccccc45)NC32)c1. The number of benzene rings is 2. The zero-order chi connectivity index (χ0) is 25.7. The van der Waals surface area contributed by atoms with Gasteiger partial charge in [0.25, 0.3) is 11.7 Å². The standard InChI is InChI=1S/C26H26N8O3/c1-14-6-5-7-16(10-14)33-23-19(13-28-33)24(36)31-26(30-23)34-21(11-15(2)32-34)29-25(37)22(35)18-12-27-20-9-4-3-8-17(18)20/h3-12,19,23,26-28,30H,13H2,1-2H3,(H,29,37)(H,31,36). The minimum absolute atomic E-state index is 0.142. The third-order valence-electron chi connectivity index (χ3n) is 6.75. The molecule has 11 heteroatoms. The molecule has 3 atom stereocenters. The van der Waals surface area contributed by atoms with E-state index in [-0.39, 0.29) is 23.6 Å². The van der Waals surface area contributed by atoms with Crippen LogP contribution < -0.4 is 26.4 Å². The second kappa shape index (κ2) is 8.87. The number of aromatic amines is 1. The van der Waals surface area contributed by atoms with Gasteiger partial charge in [0.05, 0.1) is 22.9 Å². The van der Waals surface area contributed by atoms with Crippen LogP contribution in [0, 0.1) is 19.8 Å². The van der Waals surface area contributed by atoms with Gasteiger partial charge in [-0.1, -0.05) is 30.3 Å². The summed E-state index contributed by atoms with van der Waals surface area (Å²) in [6, 6.07) is 16.9. The van der Waals surface area contributed by atoms with Crippen LogP contribution in [0.2, 0.25) is 0 Å². The first-order valence-electron chi connectivity index (χ1n) is 12.0. The highest BCUT2D eigenvalue weighted by Gasteiger charge is 2.45. The third kappa shape index (κ3) is 4.03. The molecule has 2 aliphatic heterocycles. The minimum Gasteiger partial charge on any atom is -0.360 e. The molecular weight excluding hydrogens is 472 g/mol. The lowest BCUT2D eigenvalue weighted by molar-refractivity contribution is -0.129. The van der Waals surface area contributed by atoms with Crippen LogP contribution in [-0.4, -0.2) is 45.1 Å². The highest BCUT2D eigenvalue weighted by atomic mass is 16.2. The topological polar surface area (TPSA) is 136 Å². The van der Waals surface area contributed by atoms with Crippen LogP contribution >= 0.6 is 0 Å². The summed E-state index contributed by atoms with van der Waals surface area (Å²) in [4.78, 5) is 42.0. The summed E-state index contributed by atoms with van der Waals surface area (Å²) in [5, 5.41) is 16.2. The smallest absolute Gasteiger partial charge is 0.297 e. The molecule has 2 fully saturated rings. The molecule has 2 aromatic carbocycles. The van der Waals surface area contributed by atoms with Crippen LogP contribution in [-0.2, 0) is 9.59 Å². The van der Waals surface area contributed by atoms with Gasteiger partial charge in [0.1, 0.15) is 12.0 Å². The maximum Gasteiger partial charge on any atom is 0.297 e. The molecule has 2 aromatic heterocycles. The molecule has 0 radical (unpaired) electrons. The van der Waals surface area contributed by atoms with Gasteiger partial charge in [0.15, 0.2) is 6.29 Å². The zero-order valence-corrected chi connectivity index (χ0v) is 20.3. The molecule has 4 aromatic rings. The van der Waals surface area contributed by atoms with Crippen molar-refractivity contribution in [2.75, 3.05) is 16.9 Å². The molecule has 0 spiro atoms. The molecule has 2 amide bonds. The molecule has 2 saturated heterocycles. The van der Waals surface area contributed by atoms with E-state index in [9.17, 15) is 14.4 Å². The van der Waals surface area contributed by atoms with Crippen LogP contribution in [0.5, 0.6) is 0 Å². The monoisotopic (exact) mass is 498 g/mol. The predicted molar refractivity (Wildman–Crippen MR) is 137 cm³/mol. The molecular formula is C26H26N8O3. The lowest BCUT2D eigenvalue weighted by atomic mass is 10.0. The second-order valence-corrected chi connectivity index (χ2v) is 9.35. The number of nitrogens with zero attached hydrogens (tertiary/aromatic N) is 3. The van der Waals surface area contributed by atoms with E-state index in [1.807, 2.05) is 54.4 Å². The lowest BCUT2D eigenvalue weighted by Gasteiger charge is -2.37. The van der Waals surface area contributed by atoms with Crippen molar-refractivity contribution in [3.63, 3.8) is 0 Å². The Bertz CT molecular complexity index is 1540. The van der Waals surface area contributed by atoms with Crippen molar-refractivity contribution in [1.29, 1.82) is 0 Å². The fourth-order valence-electron chi connectivity index (χ4n) is 4.98. The Kier molecular flexibility index (Phi) is 5.50. The number of nitrogens with one attached hydrogen (secondary N) is 5. The van der Waals surface area contributed by atoms with Gasteiger partial charge in [-0.2, -0.15) is 5.10 Å². The Hall–Kier alpha value is -4.48. The Labute approximate surface area is 212 Å². The van der Waals surface area contributed by atoms with Gasteiger partial charge in [0, 0.05) is 29.7 Å². The number of hydrazine groups is 1. The fraction of sp³-hybridized carbons (Fsp3) is 0.231. The van der Waals surface area contributed by atoms with Gasteiger partial charge < -0.3 is 15.6 Å². The van der Waals surface area contributed by atoms with Crippen LogP contribution in [0.4, 0.5) is 11.5 Å². The van der Waals surface area contributed by atoms with Crippen molar-refractivity contribution in [1.82, 2.24) is 30.8 Å². The molecule has 4 heterocycles. The van der Waals surface area contributed by atoms with E-state index in [0.29, 0.717) is 23.4 Å². The number of ketones is 1. The van der Waals surface area contributed by atoms with Crippen molar-refractivity contribution in [3.05, 3.63) is 77.6 Å². The molecule has 5 N–H and O–H groups in total. The number of amides is 2. The molecule has 0 aliphatic carbocycles. The number of fused-ring (bicyclic) bond motifs is 2. The molecule has 3 unspecified atom stereocenters. The van der Waals surface area contributed by atoms with Gasteiger partial charge >= 0.3 is 0 Å². The maximum absolute atomic E-state index is 13.0. The predicted octanol–water partition coefficient (Wildman–Crippen LogP) is 1.95. The zero-order valence-electron chi connectivity index (χ0n) is 20.3. The summed E-state index contributed by atoms with van der Waals surface area (Å²) in [6.07, 6.45) is 0.445. The van der Waals surface area contributed by atoms with Gasteiger partial charge in [-0.25, -0.2) is 10.1 Å². The number of aromatic nitrogens is 3. The first-order valence-corrected chi connectivity index (χ1v) is 12.0. The number of rotatable bonds is 5. The molecule has 37 heavy (non-hydrogen) atoms. The van der Waals surface area contributed by atoms with Crippen molar-refractivity contribution >= 4 is 40.0 Å².